The zero-order chi connectivity index (χ0) is 24.4. The van der Waals surface area contributed by atoms with E-state index >= 15 is 0 Å². The van der Waals surface area contributed by atoms with E-state index in [1.54, 1.807) is 29.0 Å². The molecule has 1 aromatic carbocycles. The van der Waals surface area contributed by atoms with Crippen LogP contribution in [-0.4, -0.2) is 37.6 Å². The van der Waals surface area contributed by atoms with Crippen LogP contribution in [0, 0.1) is 0 Å². The van der Waals surface area contributed by atoms with Gasteiger partial charge in [-0.2, -0.15) is 22.8 Å². The maximum atomic E-state index is 12.8. The summed E-state index contributed by atoms with van der Waals surface area (Å²) < 4.78 is 41.1. The maximum absolute atomic E-state index is 12.8. The van der Waals surface area contributed by atoms with Crippen LogP contribution < -0.4 is 5.32 Å². The first-order chi connectivity index (χ1) is 16.9. The predicted octanol–water partition coefficient (Wildman–Crippen LogP) is 5.90. The van der Waals surface area contributed by atoms with Gasteiger partial charge in [0, 0.05) is 43.2 Å². The third-order valence-electron chi connectivity index (χ3n) is 6.34. The van der Waals surface area contributed by atoms with E-state index in [1.165, 1.54) is 0 Å². The Morgan fingerprint density at radius 1 is 1.03 bits per heavy atom. The van der Waals surface area contributed by atoms with E-state index in [9.17, 15) is 13.2 Å². The summed E-state index contributed by atoms with van der Waals surface area (Å²) in [7, 11) is 0. The minimum atomic E-state index is -4.30. The second kappa shape index (κ2) is 9.94. The minimum absolute atomic E-state index is 0.296. The molecule has 0 saturated carbocycles. The van der Waals surface area contributed by atoms with Crippen LogP contribution in [0.1, 0.15) is 41.1 Å². The van der Waals surface area contributed by atoms with Crippen molar-refractivity contribution in [3.05, 3.63) is 87.9 Å². The van der Waals surface area contributed by atoms with Gasteiger partial charge in [0.1, 0.15) is 5.82 Å². The molecule has 0 atom stereocenters. The summed E-state index contributed by atoms with van der Waals surface area (Å²) in [6, 6.07) is 11.5. The molecule has 1 aliphatic heterocycles. The first-order valence-corrected chi connectivity index (χ1v) is 12.2. The number of hydrogen-bond donors (Lipinski definition) is 1. The lowest BCUT2D eigenvalue weighted by Crippen LogP contribution is -2.32. The lowest BCUT2D eigenvalue weighted by Gasteiger charge is -2.32. The number of pyridine rings is 1. The van der Waals surface area contributed by atoms with Crippen molar-refractivity contribution < 1.29 is 13.2 Å². The molecular formula is C25H24BrF3N6. The van der Waals surface area contributed by atoms with E-state index in [-0.39, 0.29) is 0 Å². The molecule has 182 valence electrons. The van der Waals surface area contributed by atoms with Gasteiger partial charge in [0.15, 0.2) is 5.65 Å². The minimum Gasteiger partial charge on any atom is -0.366 e. The molecule has 4 aromatic rings. The standard InChI is InChI=1S/C25H24BrF3N6/c26-21-15-32-35-23(31-14-18-2-1-9-30-13-18)12-22(33-24(21)35)19-7-10-34(11-8-19)16-17-3-5-20(6-4-17)25(27,28)29/h1-6,9,12-13,15,19,31H,7-8,10-11,14,16H2. The summed E-state index contributed by atoms with van der Waals surface area (Å²) in [4.78, 5) is 11.3. The molecule has 3 aromatic heterocycles. The van der Waals surface area contributed by atoms with Crippen LogP contribution in [0.3, 0.4) is 0 Å². The Balaban J connectivity index is 1.26. The topological polar surface area (TPSA) is 58.4 Å². The largest absolute Gasteiger partial charge is 0.416 e. The predicted molar refractivity (Wildman–Crippen MR) is 131 cm³/mol. The Kier molecular flexibility index (Phi) is 6.75. The third kappa shape index (κ3) is 5.48. The fraction of sp³-hybridized carbons (Fsp3) is 0.320. The first kappa shape index (κ1) is 23.7. The van der Waals surface area contributed by atoms with Gasteiger partial charge in [-0.25, -0.2) is 4.98 Å². The van der Waals surface area contributed by atoms with Crippen molar-refractivity contribution >= 4 is 27.4 Å². The van der Waals surface area contributed by atoms with Crippen molar-refractivity contribution in [1.82, 2.24) is 24.5 Å². The molecular weight excluding hydrogens is 521 g/mol. The van der Waals surface area contributed by atoms with E-state index in [4.69, 9.17) is 4.98 Å². The van der Waals surface area contributed by atoms with Crippen LogP contribution in [0.5, 0.6) is 0 Å². The molecule has 1 N–H and O–H groups in total. The number of rotatable bonds is 6. The van der Waals surface area contributed by atoms with Crippen LogP contribution >= 0.6 is 15.9 Å². The number of likely N-dealkylation sites (tertiary alicyclic amines) is 1. The number of anilines is 1. The van der Waals surface area contributed by atoms with Gasteiger partial charge in [-0.1, -0.05) is 18.2 Å². The van der Waals surface area contributed by atoms with E-state index in [2.05, 4.69) is 42.3 Å². The van der Waals surface area contributed by atoms with Gasteiger partial charge in [-0.3, -0.25) is 9.88 Å². The molecule has 0 radical (unpaired) electrons. The molecule has 6 nitrogen and oxygen atoms in total. The monoisotopic (exact) mass is 544 g/mol. The van der Waals surface area contributed by atoms with E-state index < -0.39 is 11.7 Å². The van der Waals surface area contributed by atoms with Crippen LogP contribution in [0.25, 0.3) is 5.65 Å². The number of nitrogens with zero attached hydrogens (tertiary/aromatic N) is 5. The van der Waals surface area contributed by atoms with Gasteiger partial charge < -0.3 is 5.32 Å². The summed E-state index contributed by atoms with van der Waals surface area (Å²) in [5.41, 5.74) is 3.13. The van der Waals surface area contributed by atoms with Gasteiger partial charge in [-0.05, 0) is 71.2 Å². The second-order valence-electron chi connectivity index (χ2n) is 8.75. The van der Waals surface area contributed by atoms with Gasteiger partial charge in [-0.15, -0.1) is 0 Å². The van der Waals surface area contributed by atoms with Crippen molar-refractivity contribution in [2.45, 2.75) is 38.0 Å². The van der Waals surface area contributed by atoms with E-state index in [0.29, 0.717) is 19.0 Å². The molecule has 0 bridgehead atoms. The number of fused-ring (bicyclic) bond motifs is 1. The fourth-order valence-corrected chi connectivity index (χ4v) is 4.78. The van der Waals surface area contributed by atoms with Crippen LogP contribution in [0.2, 0.25) is 0 Å². The Morgan fingerprint density at radius 2 is 1.80 bits per heavy atom. The zero-order valence-electron chi connectivity index (χ0n) is 18.8. The molecule has 0 aliphatic carbocycles. The van der Waals surface area contributed by atoms with Gasteiger partial charge >= 0.3 is 6.18 Å². The molecule has 0 amide bonds. The molecule has 0 spiro atoms. The normalized spacial score (nSPS) is 15.5. The Morgan fingerprint density at radius 3 is 2.49 bits per heavy atom. The molecule has 1 aliphatic rings. The van der Waals surface area contributed by atoms with E-state index in [1.807, 2.05) is 18.3 Å². The highest BCUT2D eigenvalue weighted by Crippen LogP contribution is 2.32. The fourth-order valence-electron chi connectivity index (χ4n) is 4.43. The molecule has 10 heteroatoms. The van der Waals surface area contributed by atoms with Crippen molar-refractivity contribution in [3.8, 4) is 0 Å². The van der Waals surface area contributed by atoms with Crippen molar-refractivity contribution in [3.63, 3.8) is 0 Å². The van der Waals surface area contributed by atoms with Crippen molar-refractivity contribution in [2.75, 3.05) is 18.4 Å². The smallest absolute Gasteiger partial charge is 0.366 e. The summed E-state index contributed by atoms with van der Waals surface area (Å²) in [5, 5.41) is 7.91. The summed E-state index contributed by atoms with van der Waals surface area (Å²) in [6.45, 7) is 2.98. The number of nitrogens with one attached hydrogen (secondary N) is 1. The summed E-state index contributed by atoms with van der Waals surface area (Å²) >= 11 is 3.56. The lowest BCUT2D eigenvalue weighted by molar-refractivity contribution is -0.137. The molecule has 5 rings (SSSR count). The van der Waals surface area contributed by atoms with Crippen molar-refractivity contribution in [1.29, 1.82) is 0 Å². The Labute approximate surface area is 209 Å². The number of hydrogen-bond acceptors (Lipinski definition) is 5. The number of aromatic nitrogens is 4. The molecule has 1 fully saturated rings. The number of piperidine rings is 1. The van der Waals surface area contributed by atoms with Crippen molar-refractivity contribution in [2.24, 2.45) is 0 Å². The van der Waals surface area contributed by atoms with Gasteiger partial charge in [0.2, 0.25) is 0 Å². The maximum Gasteiger partial charge on any atom is 0.416 e. The van der Waals surface area contributed by atoms with Crippen LogP contribution in [0.4, 0.5) is 19.0 Å². The van der Waals surface area contributed by atoms with Crippen LogP contribution in [0.15, 0.2) is 65.5 Å². The Bertz CT molecular complexity index is 1280. The number of benzene rings is 1. The molecule has 0 unspecified atom stereocenters. The third-order valence-corrected chi connectivity index (χ3v) is 6.90. The SMILES string of the molecule is FC(F)(F)c1ccc(CN2CCC(c3cc(NCc4cccnc4)n4ncc(Br)c4n3)CC2)cc1. The zero-order valence-corrected chi connectivity index (χ0v) is 20.4. The Hall–Kier alpha value is -2.98. The quantitative estimate of drug-likeness (QED) is 0.327. The second-order valence-corrected chi connectivity index (χ2v) is 9.61. The summed E-state index contributed by atoms with van der Waals surface area (Å²) in [5.74, 6) is 1.16. The average Bonchev–Trinajstić information content (AvgIpc) is 3.24. The van der Waals surface area contributed by atoms with Gasteiger partial charge in [0.05, 0.1) is 16.2 Å². The number of halogens is 4. The average molecular weight is 545 g/mol. The lowest BCUT2D eigenvalue weighted by atomic mass is 9.93. The highest BCUT2D eigenvalue weighted by molar-refractivity contribution is 9.10. The molecule has 4 heterocycles. The number of alkyl halides is 3. The highest BCUT2D eigenvalue weighted by atomic mass is 79.9. The molecule has 1 saturated heterocycles. The van der Waals surface area contributed by atoms with Crippen LogP contribution in [-0.2, 0) is 19.3 Å². The van der Waals surface area contributed by atoms with E-state index in [0.717, 1.165) is 70.8 Å². The first-order valence-electron chi connectivity index (χ1n) is 11.4. The highest BCUT2D eigenvalue weighted by Gasteiger charge is 2.30. The summed E-state index contributed by atoms with van der Waals surface area (Å²) in [6.07, 6.45) is 2.88. The van der Waals surface area contributed by atoms with Gasteiger partial charge in [0.25, 0.3) is 0 Å². The molecule has 35 heavy (non-hydrogen) atoms.